The van der Waals surface area contributed by atoms with Crippen LogP contribution in [-0.2, 0) is 26.4 Å². The number of benzene rings is 2. The standard InChI is InChI=1S/C25H26IN3O4/c1-28-22-19(24(31)29(25(28)32)14-7-15-30)13-12-18(16-17-8-3-2-4-9-17)23(27-22)33-21-11-6-5-10-20(21)26/h2-6,8-11,18,30H,7,12-16H2,1H3. The molecule has 0 amide bonds. The van der Waals surface area contributed by atoms with Gasteiger partial charge in [0.05, 0.1) is 9.13 Å². The summed E-state index contributed by atoms with van der Waals surface area (Å²) in [6.45, 7) is 0.0929. The van der Waals surface area contributed by atoms with Crippen molar-refractivity contribution in [3.63, 3.8) is 0 Å². The van der Waals surface area contributed by atoms with E-state index in [1.165, 1.54) is 9.13 Å². The van der Waals surface area contributed by atoms with E-state index in [1.807, 2.05) is 42.5 Å². The predicted molar refractivity (Wildman–Crippen MR) is 136 cm³/mol. The Labute approximate surface area is 205 Å². The van der Waals surface area contributed by atoms with Crippen molar-refractivity contribution in [1.82, 2.24) is 9.13 Å². The number of fused-ring (bicyclic) bond motifs is 1. The topological polar surface area (TPSA) is 85.8 Å². The number of ether oxygens (including phenoxy) is 1. The number of aliphatic hydroxyl groups excluding tert-OH is 1. The Balaban J connectivity index is 1.81. The molecular weight excluding hydrogens is 533 g/mol. The zero-order chi connectivity index (χ0) is 23.4. The number of aromatic nitrogens is 2. The van der Waals surface area contributed by atoms with Crippen LogP contribution in [-0.4, -0.2) is 26.7 Å². The van der Waals surface area contributed by atoms with Crippen LogP contribution >= 0.6 is 22.6 Å². The van der Waals surface area contributed by atoms with Crippen molar-refractivity contribution in [2.75, 3.05) is 6.61 Å². The molecule has 1 atom stereocenters. The summed E-state index contributed by atoms with van der Waals surface area (Å²) in [7, 11) is 1.63. The zero-order valence-electron chi connectivity index (χ0n) is 18.4. The molecular formula is C25H26IN3O4. The molecule has 0 aliphatic carbocycles. The summed E-state index contributed by atoms with van der Waals surface area (Å²) in [5, 5.41) is 9.17. The molecule has 0 saturated heterocycles. The van der Waals surface area contributed by atoms with Gasteiger partial charge in [-0.25, -0.2) is 4.79 Å². The summed E-state index contributed by atoms with van der Waals surface area (Å²) in [6, 6.07) is 17.8. The van der Waals surface area contributed by atoms with E-state index in [0.717, 1.165) is 9.13 Å². The third-order valence-electron chi connectivity index (χ3n) is 5.83. The molecule has 1 N–H and O–H groups in total. The van der Waals surface area contributed by atoms with Gasteiger partial charge in [0, 0.05) is 26.1 Å². The fourth-order valence-electron chi connectivity index (χ4n) is 4.08. The number of halogens is 1. The molecule has 3 aromatic rings. The number of aliphatic hydroxyl groups is 1. The van der Waals surface area contributed by atoms with E-state index >= 15 is 0 Å². The van der Waals surface area contributed by atoms with Gasteiger partial charge in [-0.05, 0) is 66.0 Å². The van der Waals surface area contributed by atoms with Gasteiger partial charge in [-0.2, -0.15) is 4.99 Å². The highest BCUT2D eigenvalue weighted by Crippen LogP contribution is 2.29. The molecule has 1 unspecified atom stereocenters. The van der Waals surface area contributed by atoms with Crippen molar-refractivity contribution in [2.45, 2.75) is 32.2 Å². The van der Waals surface area contributed by atoms with Crippen LogP contribution < -0.4 is 16.0 Å². The summed E-state index contributed by atoms with van der Waals surface area (Å²) in [4.78, 5) is 30.9. The summed E-state index contributed by atoms with van der Waals surface area (Å²) < 4.78 is 9.89. The molecule has 1 aliphatic heterocycles. The Bertz CT molecular complexity index is 1280. The number of aliphatic imine (C=N–C) groups is 1. The monoisotopic (exact) mass is 559 g/mol. The molecule has 4 rings (SSSR count). The van der Waals surface area contributed by atoms with E-state index in [9.17, 15) is 14.7 Å². The van der Waals surface area contributed by atoms with Crippen LogP contribution in [0.5, 0.6) is 5.75 Å². The van der Waals surface area contributed by atoms with E-state index in [1.54, 1.807) is 7.05 Å². The van der Waals surface area contributed by atoms with Crippen molar-refractivity contribution >= 4 is 34.3 Å². The molecule has 2 aromatic carbocycles. The highest BCUT2D eigenvalue weighted by Gasteiger charge is 2.28. The molecule has 0 radical (unpaired) electrons. The molecule has 0 spiro atoms. The number of hydrogen-bond donors (Lipinski definition) is 1. The molecule has 0 saturated carbocycles. The van der Waals surface area contributed by atoms with E-state index in [4.69, 9.17) is 9.73 Å². The Morgan fingerprint density at radius 2 is 1.85 bits per heavy atom. The van der Waals surface area contributed by atoms with E-state index in [0.29, 0.717) is 48.7 Å². The minimum atomic E-state index is -0.439. The molecule has 1 aliphatic rings. The Morgan fingerprint density at radius 1 is 1.12 bits per heavy atom. The Kier molecular flexibility index (Phi) is 7.44. The summed E-state index contributed by atoms with van der Waals surface area (Å²) in [5.41, 5.74) is 0.890. The van der Waals surface area contributed by atoms with Crippen LogP contribution in [0, 0.1) is 9.49 Å². The van der Waals surface area contributed by atoms with Crippen LogP contribution in [0.2, 0.25) is 0 Å². The minimum absolute atomic E-state index is 0.0591. The average molecular weight is 559 g/mol. The number of hydrogen-bond acceptors (Lipinski definition) is 5. The van der Waals surface area contributed by atoms with Crippen molar-refractivity contribution in [2.24, 2.45) is 18.0 Å². The third-order valence-corrected chi connectivity index (χ3v) is 6.72. The van der Waals surface area contributed by atoms with Gasteiger partial charge < -0.3 is 9.84 Å². The fraction of sp³-hybridized carbons (Fsp3) is 0.320. The normalized spacial score (nSPS) is 15.5. The zero-order valence-corrected chi connectivity index (χ0v) is 20.6. The molecule has 7 nitrogen and oxygen atoms in total. The molecule has 33 heavy (non-hydrogen) atoms. The third kappa shape index (κ3) is 5.11. The van der Waals surface area contributed by atoms with Gasteiger partial charge in [-0.1, -0.05) is 42.5 Å². The first kappa shape index (κ1) is 23.4. The summed E-state index contributed by atoms with van der Waals surface area (Å²) >= 11 is 2.22. The largest absolute Gasteiger partial charge is 0.441 e. The Hall–Kier alpha value is -2.72. The van der Waals surface area contributed by atoms with E-state index in [-0.39, 0.29) is 24.6 Å². The van der Waals surface area contributed by atoms with Gasteiger partial charge in [0.1, 0.15) is 11.6 Å². The van der Waals surface area contributed by atoms with Crippen LogP contribution in [0.3, 0.4) is 0 Å². The van der Waals surface area contributed by atoms with Gasteiger partial charge in [0.15, 0.2) is 5.90 Å². The maximum Gasteiger partial charge on any atom is 0.332 e. The maximum absolute atomic E-state index is 13.2. The quantitative estimate of drug-likeness (QED) is 0.469. The lowest BCUT2D eigenvalue weighted by atomic mass is 9.93. The Morgan fingerprint density at radius 3 is 2.58 bits per heavy atom. The summed E-state index contributed by atoms with van der Waals surface area (Å²) in [6.07, 6.45) is 2.21. The lowest BCUT2D eigenvalue weighted by Crippen LogP contribution is -2.41. The van der Waals surface area contributed by atoms with Crippen LogP contribution in [0.4, 0.5) is 5.82 Å². The van der Waals surface area contributed by atoms with Gasteiger partial charge in [0.2, 0.25) is 0 Å². The SMILES string of the molecule is Cn1c2c(c(=O)n(CCCO)c1=O)CCC(Cc1ccccc1)C(Oc1ccccc1I)=N2. The first-order valence-electron chi connectivity index (χ1n) is 11.0. The van der Waals surface area contributed by atoms with Gasteiger partial charge in [-0.3, -0.25) is 13.9 Å². The molecule has 172 valence electrons. The number of nitrogens with zero attached hydrogens (tertiary/aromatic N) is 3. The lowest BCUT2D eigenvalue weighted by Gasteiger charge is -2.18. The maximum atomic E-state index is 13.2. The first-order valence-corrected chi connectivity index (χ1v) is 12.1. The highest BCUT2D eigenvalue weighted by atomic mass is 127. The van der Waals surface area contributed by atoms with Gasteiger partial charge in [-0.15, -0.1) is 0 Å². The second-order valence-corrected chi connectivity index (χ2v) is 9.25. The molecule has 2 heterocycles. The molecule has 1 aromatic heterocycles. The van der Waals surface area contributed by atoms with Crippen molar-refractivity contribution in [3.05, 3.63) is 90.1 Å². The average Bonchev–Trinajstić information content (AvgIpc) is 3.00. The van der Waals surface area contributed by atoms with Gasteiger partial charge in [0.25, 0.3) is 5.56 Å². The van der Waals surface area contributed by atoms with Crippen LogP contribution in [0.15, 0.2) is 69.2 Å². The number of rotatable bonds is 6. The minimum Gasteiger partial charge on any atom is -0.441 e. The second-order valence-electron chi connectivity index (χ2n) is 8.09. The smallest absolute Gasteiger partial charge is 0.332 e. The van der Waals surface area contributed by atoms with Crippen molar-refractivity contribution in [1.29, 1.82) is 0 Å². The van der Waals surface area contributed by atoms with Crippen molar-refractivity contribution in [3.8, 4) is 5.75 Å². The van der Waals surface area contributed by atoms with Crippen LogP contribution in [0.1, 0.15) is 24.0 Å². The number of para-hydroxylation sites is 1. The fourth-order valence-corrected chi connectivity index (χ4v) is 4.58. The van der Waals surface area contributed by atoms with Crippen molar-refractivity contribution < 1.29 is 9.84 Å². The second kappa shape index (κ2) is 10.5. The van der Waals surface area contributed by atoms with E-state index < -0.39 is 5.69 Å². The first-order chi connectivity index (χ1) is 16.0. The molecule has 8 heteroatoms. The van der Waals surface area contributed by atoms with E-state index in [2.05, 4.69) is 34.7 Å². The summed E-state index contributed by atoms with van der Waals surface area (Å²) in [5.74, 6) is 1.49. The van der Waals surface area contributed by atoms with Gasteiger partial charge >= 0.3 is 5.69 Å². The molecule has 0 fully saturated rings. The highest BCUT2D eigenvalue weighted by molar-refractivity contribution is 14.1. The lowest BCUT2D eigenvalue weighted by molar-refractivity contribution is 0.277. The van der Waals surface area contributed by atoms with Crippen LogP contribution in [0.25, 0.3) is 0 Å². The predicted octanol–water partition coefficient (Wildman–Crippen LogP) is 3.45. The molecule has 0 bridgehead atoms.